The second-order valence-electron chi connectivity index (χ2n) is 10.7. The average Bonchev–Trinajstić information content (AvgIpc) is 3.19. The Kier molecular flexibility index (Phi) is 12.5. The van der Waals surface area contributed by atoms with E-state index in [-0.39, 0.29) is 43.2 Å². The summed E-state index contributed by atoms with van der Waals surface area (Å²) < 4.78 is 43.4. The molecule has 1 aliphatic rings. The molecular formula is C32H35F3N4O10. The third-order valence-electron chi connectivity index (χ3n) is 7.51. The first-order valence-electron chi connectivity index (χ1n) is 14.6. The van der Waals surface area contributed by atoms with Gasteiger partial charge in [0.05, 0.1) is 43.1 Å². The predicted octanol–water partition coefficient (Wildman–Crippen LogP) is 2.26. The Hall–Kier alpha value is -5.42. The fourth-order valence-electron chi connectivity index (χ4n) is 4.77. The molecule has 14 nitrogen and oxygen atoms in total. The number of carbonyl (C=O) groups excluding carboxylic acids is 3. The first-order valence-corrected chi connectivity index (χ1v) is 14.6. The van der Waals surface area contributed by atoms with Gasteiger partial charge in [-0.1, -0.05) is 18.2 Å². The van der Waals surface area contributed by atoms with Crippen molar-refractivity contribution in [3.05, 3.63) is 65.2 Å². The van der Waals surface area contributed by atoms with Crippen LogP contribution in [0, 0.1) is 0 Å². The number of nitrogens with zero attached hydrogens (tertiary/aromatic N) is 2. The van der Waals surface area contributed by atoms with Gasteiger partial charge in [-0.3, -0.25) is 14.4 Å². The number of amides is 3. The molecule has 264 valence electrons. The molecule has 5 N–H and O–H groups in total. The Morgan fingerprint density at radius 1 is 1.12 bits per heavy atom. The van der Waals surface area contributed by atoms with Gasteiger partial charge in [-0.2, -0.15) is 13.2 Å². The summed E-state index contributed by atoms with van der Waals surface area (Å²) in [5, 5.41) is 32.8. The SMILES string of the molecule is CN[C@@H](C)C(=O)N[C@H]1COc2c(C(=O)N(C)CCO)cccc2N(Cc2c(OC)ccc3cc(C(=O)O)ccc23)C1=O.O=C(O)C(F)(F)F. The minimum atomic E-state index is -5.08. The maximum atomic E-state index is 14.1. The summed E-state index contributed by atoms with van der Waals surface area (Å²) >= 11 is 0. The van der Waals surface area contributed by atoms with E-state index in [0.29, 0.717) is 27.8 Å². The van der Waals surface area contributed by atoms with Gasteiger partial charge in [0, 0.05) is 19.2 Å². The summed E-state index contributed by atoms with van der Waals surface area (Å²) in [6, 6.07) is 11.3. The van der Waals surface area contributed by atoms with Crippen LogP contribution < -0.4 is 25.0 Å². The zero-order valence-electron chi connectivity index (χ0n) is 26.8. The first-order chi connectivity index (χ1) is 23.0. The van der Waals surface area contributed by atoms with Crippen LogP contribution in [-0.4, -0.2) is 109 Å². The van der Waals surface area contributed by atoms with Gasteiger partial charge in [0.1, 0.15) is 18.4 Å². The number of aliphatic carboxylic acids is 1. The molecule has 3 amide bonds. The molecule has 17 heteroatoms. The molecule has 4 rings (SSSR count). The highest BCUT2D eigenvalue weighted by molar-refractivity contribution is 6.06. The number of hydrogen-bond donors (Lipinski definition) is 5. The fraction of sp³-hybridized carbons (Fsp3) is 0.344. The van der Waals surface area contributed by atoms with Crippen molar-refractivity contribution in [1.29, 1.82) is 0 Å². The number of aliphatic hydroxyl groups excluding tert-OH is 1. The molecule has 2 atom stereocenters. The smallest absolute Gasteiger partial charge is 0.490 e. The number of carboxylic acids is 2. The molecule has 0 aromatic heterocycles. The number of rotatable bonds is 10. The number of alkyl halides is 3. The van der Waals surface area contributed by atoms with Crippen molar-refractivity contribution in [3.63, 3.8) is 0 Å². The molecule has 0 spiro atoms. The summed E-state index contributed by atoms with van der Waals surface area (Å²) in [5.74, 6) is -4.50. The predicted molar refractivity (Wildman–Crippen MR) is 169 cm³/mol. The Balaban J connectivity index is 0.000000838. The number of fused-ring (bicyclic) bond motifs is 2. The second-order valence-corrected chi connectivity index (χ2v) is 10.7. The molecule has 0 aliphatic carbocycles. The van der Waals surface area contributed by atoms with Crippen molar-refractivity contribution in [3.8, 4) is 11.5 Å². The minimum Gasteiger partial charge on any atom is -0.496 e. The van der Waals surface area contributed by atoms with Crippen LogP contribution in [0.5, 0.6) is 11.5 Å². The van der Waals surface area contributed by atoms with Gasteiger partial charge in [0.25, 0.3) is 11.8 Å². The number of methoxy groups -OCH3 is 1. The molecule has 1 aliphatic heterocycles. The van der Waals surface area contributed by atoms with E-state index < -0.39 is 47.9 Å². The molecule has 3 aromatic rings. The van der Waals surface area contributed by atoms with Gasteiger partial charge in [-0.15, -0.1) is 0 Å². The van der Waals surface area contributed by atoms with E-state index in [1.165, 1.54) is 29.0 Å². The van der Waals surface area contributed by atoms with Gasteiger partial charge in [-0.05, 0) is 55.1 Å². The number of ether oxygens (including phenoxy) is 2. The van der Waals surface area contributed by atoms with E-state index >= 15 is 0 Å². The lowest BCUT2D eigenvalue weighted by molar-refractivity contribution is -0.192. The van der Waals surface area contributed by atoms with Gasteiger partial charge in [-0.25, -0.2) is 9.59 Å². The van der Waals surface area contributed by atoms with E-state index in [1.807, 2.05) is 0 Å². The second kappa shape index (κ2) is 16.1. The Morgan fingerprint density at radius 3 is 2.37 bits per heavy atom. The van der Waals surface area contributed by atoms with Gasteiger partial charge in [0.15, 0.2) is 5.75 Å². The van der Waals surface area contributed by atoms with Crippen LogP contribution in [0.15, 0.2) is 48.5 Å². The topological polar surface area (TPSA) is 195 Å². The van der Waals surface area contributed by atoms with Crippen molar-refractivity contribution in [2.24, 2.45) is 0 Å². The summed E-state index contributed by atoms with van der Waals surface area (Å²) in [6.45, 7) is 1.25. The Labute approximate surface area is 278 Å². The molecule has 0 saturated carbocycles. The average molecular weight is 693 g/mol. The number of benzene rings is 3. The maximum absolute atomic E-state index is 14.1. The lowest BCUT2D eigenvalue weighted by Gasteiger charge is -2.27. The van der Waals surface area contributed by atoms with Crippen molar-refractivity contribution in [1.82, 2.24) is 15.5 Å². The molecule has 0 unspecified atom stereocenters. The number of nitrogens with one attached hydrogen (secondary N) is 2. The van der Waals surface area contributed by atoms with Crippen molar-refractivity contribution in [2.75, 3.05) is 45.9 Å². The zero-order chi connectivity index (χ0) is 36.6. The fourth-order valence-corrected chi connectivity index (χ4v) is 4.77. The highest BCUT2D eigenvalue weighted by Crippen LogP contribution is 2.39. The number of aliphatic hydroxyl groups is 1. The first kappa shape index (κ1) is 38.0. The van der Waals surface area contributed by atoms with Crippen LogP contribution in [-0.2, 0) is 20.9 Å². The van der Waals surface area contributed by atoms with Crippen LogP contribution in [0.3, 0.4) is 0 Å². The highest BCUT2D eigenvalue weighted by Gasteiger charge is 2.38. The van der Waals surface area contributed by atoms with Crippen LogP contribution >= 0.6 is 0 Å². The zero-order valence-corrected chi connectivity index (χ0v) is 26.8. The molecule has 0 saturated heterocycles. The van der Waals surface area contributed by atoms with Crippen molar-refractivity contribution < 1.29 is 61.9 Å². The standard InChI is InChI=1S/C30H34N4O8.C2HF3O2/c1-17(31-2)27(36)32-23-16-42-26-21(28(37)33(3)12-13-35)6-5-7-24(26)34(29(23)38)15-22-20-10-8-19(30(39)40)14-18(20)9-11-25(22)41-4;3-2(4,5)1(6)7/h5-11,14,17,23,31,35H,12-13,15-16H2,1-4H3,(H,32,36)(H,39,40);(H,6,7)/t17-,23-;/m0./s1. The number of hydrogen-bond acceptors (Lipinski definition) is 9. The largest absolute Gasteiger partial charge is 0.496 e. The molecule has 49 heavy (non-hydrogen) atoms. The van der Waals surface area contributed by atoms with E-state index in [4.69, 9.17) is 19.4 Å². The summed E-state index contributed by atoms with van der Waals surface area (Å²) in [4.78, 5) is 63.5. The number of likely N-dealkylation sites (N-methyl/N-ethyl adjacent to an activating group) is 2. The Bertz CT molecular complexity index is 1730. The summed E-state index contributed by atoms with van der Waals surface area (Å²) in [5.41, 5.74) is 1.20. The summed E-state index contributed by atoms with van der Waals surface area (Å²) in [7, 11) is 4.67. The molecular weight excluding hydrogens is 657 g/mol. The minimum absolute atomic E-state index is 0.0415. The molecule has 0 radical (unpaired) electrons. The Morgan fingerprint density at radius 2 is 1.80 bits per heavy atom. The number of anilines is 1. The molecule has 1 heterocycles. The van der Waals surface area contributed by atoms with Crippen molar-refractivity contribution in [2.45, 2.75) is 31.7 Å². The van der Waals surface area contributed by atoms with Crippen molar-refractivity contribution >= 4 is 46.1 Å². The van der Waals surface area contributed by atoms with Crippen LogP contribution in [0.2, 0.25) is 0 Å². The molecule has 3 aromatic carbocycles. The monoisotopic (exact) mass is 692 g/mol. The summed E-state index contributed by atoms with van der Waals surface area (Å²) in [6.07, 6.45) is -5.08. The lowest BCUT2D eigenvalue weighted by atomic mass is 10.00. The van der Waals surface area contributed by atoms with Crippen LogP contribution in [0.4, 0.5) is 18.9 Å². The molecule has 0 bridgehead atoms. The highest BCUT2D eigenvalue weighted by atomic mass is 19.4. The third-order valence-corrected chi connectivity index (χ3v) is 7.51. The normalized spacial score (nSPS) is 14.7. The van der Waals surface area contributed by atoms with Crippen LogP contribution in [0.1, 0.15) is 33.2 Å². The van der Waals surface area contributed by atoms with Crippen LogP contribution in [0.25, 0.3) is 10.8 Å². The third kappa shape index (κ3) is 8.94. The number of para-hydroxylation sites is 1. The van der Waals surface area contributed by atoms with Gasteiger partial charge in [0.2, 0.25) is 5.91 Å². The van der Waals surface area contributed by atoms with E-state index in [2.05, 4.69) is 10.6 Å². The number of aromatic carboxylic acids is 1. The lowest BCUT2D eigenvalue weighted by Crippen LogP contribution is -2.53. The van der Waals surface area contributed by atoms with E-state index in [1.54, 1.807) is 57.4 Å². The van der Waals surface area contributed by atoms with Gasteiger partial charge < -0.3 is 45.2 Å². The van der Waals surface area contributed by atoms with Gasteiger partial charge >= 0.3 is 18.1 Å². The number of carbonyl (C=O) groups is 5. The van der Waals surface area contributed by atoms with E-state index in [0.717, 1.165) is 0 Å². The molecule has 0 fully saturated rings. The van der Waals surface area contributed by atoms with E-state index in [9.17, 15) is 42.6 Å². The maximum Gasteiger partial charge on any atom is 0.490 e. The number of halogens is 3. The quantitative estimate of drug-likeness (QED) is 0.209. The number of carboxylic acid groups (broad SMARTS) is 2.